The summed E-state index contributed by atoms with van der Waals surface area (Å²) in [4.78, 5) is 0. The van der Waals surface area contributed by atoms with Gasteiger partial charge in [-0.15, -0.1) is 0 Å². The molecule has 2 heteroatoms. The monoisotopic (exact) mass is 206 g/mol. The fraction of sp³-hybridized carbons (Fsp3) is 0.538. The molecule has 0 heterocycles. The van der Waals surface area contributed by atoms with Crippen LogP contribution in [0.4, 0.5) is 11.4 Å². The smallest absolute Gasteiger partial charge is 0.0583 e. The molecule has 0 aromatic heterocycles. The van der Waals surface area contributed by atoms with Crippen LogP contribution in [0, 0.1) is 6.92 Å². The zero-order valence-electron chi connectivity index (χ0n) is 10.1. The van der Waals surface area contributed by atoms with Gasteiger partial charge in [-0.05, 0) is 42.5 Å². The first-order valence-electron chi connectivity index (χ1n) is 5.78. The van der Waals surface area contributed by atoms with Crippen LogP contribution in [-0.2, 0) is 12.8 Å². The normalized spacial score (nSPS) is 10.6. The lowest BCUT2D eigenvalue weighted by atomic mass is 9.93. The van der Waals surface area contributed by atoms with Crippen molar-refractivity contribution in [2.75, 3.05) is 11.5 Å². The summed E-state index contributed by atoms with van der Waals surface area (Å²) < 4.78 is 0. The van der Waals surface area contributed by atoms with Gasteiger partial charge in [0, 0.05) is 0 Å². The summed E-state index contributed by atoms with van der Waals surface area (Å²) in [6.07, 6.45) is 4.41. The molecule has 84 valence electrons. The Morgan fingerprint density at radius 2 is 1.53 bits per heavy atom. The Morgan fingerprint density at radius 3 is 2.07 bits per heavy atom. The van der Waals surface area contributed by atoms with Crippen molar-refractivity contribution in [3.05, 3.63) is 22.8 Å². The molecule has 2 nitrogen and oxygen atoms in total. The highest BCUT2D eigenvalue weighted by atomic mass is 14.7. The fourth-order valence-corrected chi connectivity index (χ4v) is 2.11. The van der Waals surface area contributed by atoms with E-state index in [0.717, 1.165) is 37.1 Å². The molecule has 15 heavy (non-hydrogen) atoms. The predicted octanol–water partition coefficient (Wildman–Crippen LogP) is 3.06. The van der Waals surface area contributed by atoms with Crippen LogP contribution in [0.5, 0.6) is 0 Å². The largest absolute Gasteiger partial charge is 0.397 e. The molecule has 0 fully saturated rings. The number of rotatable bonds is 4. The van der Waals surface area contributed by atoms with E-state index >= 15 is 0 Å². The third kappa shape index (κ3) is 2.44. The van der Waals surface area contributed by atoms with Gasteiger partial charge in [0.1, 0.15) is 0 Å². The predicted molar refractivity (Wildman–Crippen MR) is 68.0 cm³/mol. The molecule has 0 unspecified atom stereocenters. The van der Waals surface area contributed by atoms with Gasteiger partial charge in [-0.25, -0.2) is 0 Å². The summed E-state index contributed by atoms with van der Waals surface area (Å²) in [6, 6.07) is 2.00. The van der Waals surface area contributed by atoms with Crippen LogP contribution >= 0.6 is 0 Å². The second kappa shape index (κ2) is 5.06. The molecule has 1 aromatic carbocycles. The van der Waals surface area contributed by atoms with Gasteiger partial charge in [0.05, 0.1) is 11.4 Å². The Bertz CT molecular complexity index is 343. The molecule has 0 spiro atoms. The van der Waals surface area contributed by atoms with E-state index in [4.69, 9.17) is 11.5 Å². The molecule has 0 bridgehead atoms. The molecule has 0 aliphatic carbocycles. The van der Waals surface area contributed by atoms with Crippen molar-refractivity contribution < 1.29 is 0 Å². The summed E-state index contributed by atoms with van der Waals surface area (Å²) >= 11 is 0. The molecule has 0 aliphatic heterocycles. The standard InChI is InChI=1S/C13H22N2/c1-4-6-10-9(3)8-12(14)13(15)11(10)7-5-2/h8H,4-7,14-15H2,1-3H3. The highest BCUT2D eigenvalue weighted by molar-refractivity contribution is 5.71. The number of anilines is 2. The molecule has 0 radical (unpaired) electrons. The van der Waals surface area contributed by atoms with Crippen molar-refractivity contribution in [1.82, 2.24) is 0 Å². The summed E-state index contributed by atoms with van der Waals surface area (Å²) in [6.45, 7) is 6.50. The molecule has 0 aliphatic rings. The first-order chi connectivity index (χ1) is 7.11. The average molecular weight is 206 g/mol. The first kappa shape index (κ1) is 11.9. The van der Waals surface area contributed by atoms with Gasteiger partial charge >= 0.3 is 0 Å². The van der Waals surface area contributed by atoms with Crippen LogP contribution < -0.4 is 11.5 Å². The van der Waals surface area contributed by atoms with Crippen LogP contribution in [-0.4, -0.2) is 0 Å². The highest BCUT2D eigenvalue weighted by Gasteiger charge is 2.11. The third-order valence-corrected chi connectivity index (χ3v) is 2.85. The summed E-state index contributed by atoms with van der Waals surface area (Å²) in [5.74, 6) is 0. The maximum Gasteiger partial charge on any atom is 0.0583 e. The lowest BCUT2D eigenvalue weighted by Crippen LogP contribution is -2.06. The summed E-state index contributed by atoms with van der Waals surface area (Å²) in [5, 5.41) is 0. The van der Waals surface area contributed by atoms with E-state index in [1.54, 1.807) is 0 Å². The lowest BCUT2D eigenvalue weighted by molar-refractivity contribution is 0.857. The van der Waals surface area contributed by atoms with Crippen LogP contribution in [0.25, 0.3) is 0 Å². The van der Waals surface area contributed by atoms with Gasteiger partial charge in [0.25, 0.3) is 0 Å². The number of nitrogens with two attached hydrogens (primary N) is 2. The number of aryl methyl sites for hydroxylation is 1. The number of nitrogen functional groups attached to an aromatic ring is 2. The van der Waals surface area contributed by atoms with E-state index in [1.165, 1.54) is 16.7 Å². The van der Waals surface area contributed by atoms with Crippen molar-refractivity contribution in [3.8, 4) is 0 Å². The molecule has 4 N–H and O–H groups in total. The van der Waals surface area contributed by atoms with E-state index in [-0.39, 0.29) is 0 Å². The van der Waals surface area contributed by atoms with Crippen LogP contribution in [0.15, 0.2) is 6.07 Å². The van der Waals surface area contributed by atoms with Crippen LogP contribution in [0.1, 0.15) is 43.4 Å². The van der Waals surface area contributed by atoms with E-state index in [2.05, 4.69) is 20.8 Å². The van der Waals surface area contributed by atoms with Crippen LogP contribution in [0.2, 0.25) is 0 Å². The maximum absolute atomic E-state index is 6.04. The third-order valence-electron chi connectivity index (χ3n) is 2.85. The van der Waals surface area contributed by atoms with Crippen molar-refractivity contribution >= 4 is 11.4 Å². The minimum Gasteiger partial charge on any atom is -0.397 e. The van der Waals surface area contributed by atoms with E-state index in [0.29, 0.717) is 0 Å². The number of hydrogen-bond acceptors (Lipinski definition) is 2. The Kier molecular flexibility index (Phi) is 4.01. The zero-order chi connectivity index (χ0) is 11.4. The van der Waals surface area contributed by atoms with Crippen molar-refractivity contribution in [1.29, 1.82) is 0 Å². The van der Waals surface area contributed by atoms with Gasteiger partial charge in [0.2, 0.25) is 0 Å². The molecular weight excluding hydrogens is 184 g/mol. The zero-order valence-corrected chi connectivity index (χ0v) is 10.1. The summed E-state index contributed by atoms with van der Waals surface area (Å²) in [7, 11) is 0. The molecular formula is C13H22N2. The van der Waals surface area contributed by atoms with E-state index in [9.17, 15) is 0 Å². The fourth-order valence-electron chi connectivity index (χ4n) is 2.11. The van der Waals surface area contributed by atoms with Crippen molar-refractivity contribution in [2.45, 2.75) is 46.5 Å². The highest BCUT2D eigenvalue weighted by Crippen LogP contribution is 2.29. The Balaban J connectivity index is 3.26. The SMILES string of the molecule is CCCc1c(C)cc(N)c(N)c1CCC. The topological polar surface area (TPSA) is 52.0 Å². The quantitative estimate of drug-likeness (QED) is 0.744. The lowest BCUT2D eigenvalue weighted by Gasteiger charge is -2.16. The minimum absolute atomic E-state index is 0.732. The second-order valence-electron chi connectivity index (χ2n) is 4.15. The van der Waals surface area contributed by atoms with Crippen LogP contribution in [0.3, 0.4) is 0 Å². The molecule has 0 saturated carbocycles. The average Bonchev–Trinajstić information content (AvgIpc) is 2.20. The van der Waals surface area contributed by atoms with Gasteiger partial charge in [-0.3, -0.25) is 0 Å². The van der Waals surface area contributed by atoms with Gasteiger partial charge in [-0.1, -0.05) is 26.7 Å². The molecule has 1 rings (SSSR count). The Hall–Kier alpha value is -1.18. The minimum atomic E-state index is 0.732. The second-order valence-corrected chi connectivity index (χ2v) is 4.15. The first-order valence-corrected chi connectivity index (χ1v) is 5.78. The molecule has 0 amide bonds. The molecule has 0 saturated heterocycles. The van der Waals surface area contributed by atoms with E-state index in [1.807, 2.05) is 6.07 Å². The van der Waals surface area contributed by atoms with Gasteiger partial charge in [-0.2, -0.15) is 0 Å². The molecule has 1 aromatic rings. The van der Waals surface area contributed by atoms with Gasteiger partial charge in [0.15, 0.2) is 0 Å². The number of hydrogen-bond donors (Lipinski definition) is 2. The Labute approximate surface area is 92.7 Å². The van der Waals surface area contributed by atoms with E-state index < -0.39 is 0 Å². The van der Waals surface area contributed by atoms with Crippen molar-refractivity contribution in [2.24, 2.45) is 0 Å². The Morgan fingerprint density at radius 1 is 1.00 bits per heavy atom. The maximum atomic E-state index is 6.04. The van der Waals surface area contributed by atoms with Gasteiger partial charge < -0.3 is 11.5 Å². The summed E-state index contributed by atoms with van der Waals surface area (Å²) in [5.41, 5.74) is 17.4. The number of benzene rings is 1. The molecule has 0 atom stereocenters. The van der Waals surface area contributed by atoms with Crippen molar-refractivity contribution in [3.63, 3.8) is 0 Å².